The lowest BCUT2D eigenvalue weighted by Crippen LogP contribution is -2.39. The normalized spacial score (nSPS) is 11.2. The third-order valence-electron chi connectivity index (χ3n) is 3.11. The molecule has 0 saturated heterocycles. The van der Waals surface area contributed by atoms with E-state index < -0.39 is 0 Å². The quantitative estimate of drug-likeness (QED) is 0.896. The van der Waals surface area contributed by atoms with Crippen molar-refractivity contribution in [2.45, 2.75) is 19.9 Å². The molecule has 0 bridgehead atoms. The smallest absolute Gasteiger partial charge is 0.254 e. The highest BCUT2D eigenvalue weighted by Crippen LogP contribution is 2.15. The molecular formula is C14H19N3O2. The zero-order valence-corrected chi connectivity index (χ0v) is 11.5. The Bertz CT molecular complexity index is 563. The zero-order chi connectivity index (χ0) is 13.8. The van der Waals surface area contributed by atoms with Crippen LogP contribution in [0.5, 0.6) is 0 Å². The maximum absolute atomic E-state index is 12.5. The van der Waals surface area contributed by atoms with Crippen LogP contribution in [0.25, 0.3) is 10.9 Å². The molecule has 0 saturated carbocycles. The highest BCUT2D eigenvalue weighted by atomic mass is 16.5. The van der Waals surface area contributed by atoms with Crippen molar-refractivity contribution >= 4 is 16.8 Å². The van der Waals surface area contributed by atoms with E-state index in [0.29, 0.717) is 18.7 Å². The lowest BCUT2D eigenvalue weighted by atomic mass is 10.1. The first kappa shape index (κ1) is 13.5. The van der Waals surface area contributed by atoms with Crippen LogP contribution < -0.4 is 0 Å². The van der Waals surface area contributed by atoms with Gasteiger partial charge in [-0.15, -0.1) is 0 Å². The molecule has 0 radical (unpaired) electrons. The summed E-state index contributed by atoms with van der Waals surface area (Å²) in [6.07, 6.45) is 1.74. The Kier molecular flexibility index (Phi) is 4.16. The van der Waals surface area contributed by atoms with Crippen molar-refractivity contribution in [1.29, 1.82) is 0 Å². The van der Waals surface area contributed by atoms with Crippen LogP contribution in [0.3, 0.4) is 0 Å². The van der Waals surface area contributed by atoms with Crippen LogP contribution in [-0.2, 0) is 4.74 Å². The van der Waals surface area contributed by atoms with Crippen molar-refractivity contribution in [1.82, 2.24) is 15.1 Å². The number of benzene rings is 1. The van der Waals surface area contributed by atoms with Crippen molar-refractivity contribution in [3.63, 3.8) is 0 Å². The molecule has 1 N–H and O–H groups in total. The Morgan fingerprint density at radius 3 is 2.95 bits per heavy atom. The van der Waals surface area contributed by atoms with E-state index >= 15 is 0 Å². The number of aromatic amines is 1. The van der Waals surface area contributed by atoms with Crippen molar-refractivity contribution in [2.24, 2.45) is 0 Å². The van der Waals surface area contributed by atoms with E-state index in [-0.39, 0.29) is 11.9 Å². The van der Waals surface area contributed by atoms with Gasteiger partial charge in [0.05, 0.1) is 18.3 Å². The van der Waals surface area contributed by atoms with E-state index in [1.165, 1.54) is 0 Å². The number of hydrogen-bond donors (Lipinski definition) is 1. The number of H-pyrrole nitrogens is 1. The first-order valence-electron chi connectivity index (χ1n) is 6.36. The van der Waals surface area contributed by atoms with Crippen molar-refractivity contribution in [3.8, 4) is 0 Å². The number of rotatable bonds is 5. The molecule has 0 aliphatic carbocycles. The van der Waals surface area contributed by atoms with Crippen LogP contribution in [0.1, 0.15) is 24.2 Å². The first-order valence-corrected chi connectivity index (χ1v) is 6.36. The van der Waals surface area contributed by atoms with Gasteiger partial charge in [-0.2, -0.15) is 5.10 Å². The zero-order valence-electron chi connectivity index (χ0n) is 11.5. The van der Waals surface area contributed by atoms with Crippen LogP contribution >= 0.6 is 0 Å². The summed E-state index contributed by atoms with van der Waals surface area (Å²) in [6, 6.07) is 5.72. The minimum absolute atomic E-state index is 0.0172. The number of nitrogens with one attached hydrogen (secondary N) is 1. The summed E-state index contributed by atoms with van der Waals surface area (Å²) in [7, 11) is 1.64. The maximum Gasteiger partial charge on any atom is 0.254 e. The fraction of sp³-hybridized carbons (Fsp3) is 0.429. The molecule has 0 fully saturated rings. The molecule has 1 aromatic heterocycles. The van der Waals surface area contributed by atoms with Gasteiger partial charge in [0.2, 0.25) is 0 Å². The molecule has 102 valence electrons. The topological polar surface area (TPSA) is 58.2 Å². The number of methoxy groups -OCH3 is 1. The van der Waals surface area contributed by atoms with Gasteiger partial charge in [-0.05, 0) is 26.0 Å². The first-order chi connectivity index (χ1) is 9.13. The second-order valence-electron chi connectivity index (χ2n) is 4.76. The largest absolute Gasteiger partial charge is 0.383 e. The van der Waals surface area contributed by atoms with Crippen LogP contribution in [-0.4, -0.2) is 47.3 Å². The molecule has 1 aromatic carbocycles. The fourth-order valence-electron chi connectivity index (χ4n) is 2.02. The van der Waals surface area contributed by atoms with Gasteiger partial charge >= 0.3 is 0 Å². The molecule has 5 nitrogen and oxygen atoms in total. The number of hydrogen-bond acceptors (Lipinski definition) is 3. The van der Waals surface area contributed by atoms with Gasteiger partial charge in [-0.25, -0.2) is 0 Å². The minimum Gasteiger partial charge on any atom is -0.383 e. The van der Waals surface area contributed by atoms with E-state index in [0.717, 1.165) is 10.9 Å². The second-order valence-corrected chi connectivity index (χ2v) is 4.76. The molecule has 0 aliphatic rings. The molecule has 5 heteroatoms. The average molecular weight is 261 g/mol. The molecule has 2 aromatic rings. The predicted octanol–water partition coefficient (Wildman–Crippen LogP) is 2.06. The number of amides is 1. The number of nitrogens with zero attached hydrogens (tertiary/aromatic N) is 2. The summed E-state index contributed by atoms with van der Waals surface area (Å²) in [6.45, 7) is 5.13. The van der Waals surface area contributed by atoms with Gasteiger partial charge in [-0.3, -0.25) is 9.89 Å². The van der Waals surface area contributed by atoms with Gasteiger partial charge in [-0.1, -0.05) is 6.07 Å². The summed E-state index contributed by atoms with van der Waals surface area (Å²) in [5.41, 5.74) is 1.54. The molecule has 2 rings (SSSR count). The average Bonchev–Trinajstić information content (AvgIpc) is 2.85. The van der Waals surface area contributed by atoms with Gasteiger partial charge in [0.25, 0.3) is 5.91 Å². The van der Waals surface area contributed by atoms with Crippen molar-refractivity contribution < 1.29 is 9.53 Å². The highest BCUT2D eigenvalue weighted by Gasteiger charge is 2.18. The fourth-order valence-corrected chi connectivity index (χ4v) is 2.02. The summed E-state index contributed by atoms with van der Waals surface area (Å²) in [4.78, 5) is 14.3. The Morgan fingerprint density at radius 2 is 2.26 bits per heavy atom. The van der Waals surface area contributed by atoms with Gasteiger partial charge in [0, 0.05) is 30.6 Å². The van der Waals surface area contributed by atoms with E-state index in [1.807, 2.05) is 32.0 Å². The standard InChI is InChI=1S/C14H19N3O2/c1-10(2)17(6-7-19-3)14(18)11-4-5-12-9-15-16-13(12)8-11/h4-5,8-10H,6-7H2,1-3H3,(H,15,16). The van der Waals surface area contributed by atoms with E-state index in [9.17, 15) is 4.79 Å². The summed E-state index contributed by atoms with van der Waals surface area (Å²) < 4.78 is 5.06. The number of carbonyl (C=O) groups is 1. The van der Waals surface area contributed by atoms with Crippen molar-refractivity contribution in [2.75, 3.05) is 20.3 Å². The number of aromatic nitrogens is 2. The van der Waals surface area contributed by atoms with Crippen LogP contribution in [0, 0.1) is 0 Å². The second kappa shape index (κ2) is 5.84. The predicted molar refractivity (Wildman–Crippen MR) is 74.1 cm³/mol. The molecule has 0 aliphatic heterocycles. The van der Waals surface area contributed by atoms with Gasteiger partial charge < -0.3 is 9.64 Å². The molecule has 1 amide bonds. The monoisotopic (exact) mass is 261 g/mol. The lowest BCUT2D eigenvalue weighted by molar-refractivity contribution is 0.0635. The van der Waals surface area contributed by atoms with E-state index in [2.05, 4.69) is 10.2 Å². The van der Waals surface area contributed by atoms with Crippen LogP contribution in [0.15, 0.2) is 24.4 Å². The SMILES string of the molecule is COCCN(C(=O)c1ccc2cn[nH]c2c1)C(C)C. The van der Waals surface area contributed by atoms with Crippen LogP contribution in [0.2, 0.25) is 0 Å². The van der Waals surface area contributed by atoms with Crippen LogP contribution in [0.4, 0.5) is 0 Å². The summed E-state index contributed by atoms with van der Waals surface area (Å²) in [5, 5.41) is 7.85. The highest BCUT2D eigenvalue weighted by molar-refractivity contribution is 5.97. The van der Waals surface area contributed by atoms with E-state index in [1.54, 1.807) is 18.2 Å². The van der Waals surface area contributed by atoms with E-state index in [4.69, 9.17) is 4.74 Å². The van der Waals surface area contributed by atoms with Gasteiger partial charge in [0.15, 0.2) is 0 Å². The minimum atomic E-state index is 0.0172. The lowest BCUT2D eigenvalue weighted by Gasteiger charge is -2.26. The number of carbonyl (C=O) groups excluding carboxylic acids is 1. The molecule has 19 heavy (non-hydrogen) atoms. The van der Waals surface area contributed by atoms with Gasteiger partial charge in [0.1, 0.15) is 0 Å². The molecule has 0 unspecified atom stereocenters. The Morgan fingerprint density at radius 1 is 1.47 bits per heavy atom. The molecule has 0 atom stereocenters. The molecule has 1 heterocycles. The number of ether oxygens (including phenoxy) is 1. The van der Waals surface area contributed by atoms with Crippen molar-refractivity contribution in [3.05, 3.63) is 30.0 Å². The third-order valence-corrected chi connectivity index (χ3v) is 3.11. The summed E-state index contributed by atoms with van der Waals surface area (Å²) in [5.74, 6) is 0.0172. The number of fused-ring (bicyclic) bond motifs is 1. The third kappa shape index (κ3) is 2.93. The Hall–Kier alpha value is -1.88. The summed E-state index contributed by atoms with van der Waals surface area (Å²) >= 11 is 0. The maximum atomic E-state index is 12.5. The molecular weight excluding hydrogens is 242 g/mol. The Balaban J connectivity index is 2.24. The Labute approximate surface area is 112 Å². The molecule has 0 spiro atoms.